The van der Waals surface area contributed by atoms with Gasteiger partial charge in [-0.1, -0.05) is 33.6 Å². The van der Waals surface area contributed by atoms with Crippen molar-refractivity contribution >= 4 is 39.5 Å². The third-order valence-corrected chi connectivity index (χ3v) is 4.27. The van der Waals surface area contributed by atoms with E-state index in [-0.39, 0.29) is 11.6 Å². The molecule has 0 aliphatic rings. The van der Waals surface area contributed by atoms with Crippen LogP contribution >= 0.6 is 15.9 Å². The Morgan fingerprint density at radius 3 is 2.33 bits per heavy atom. The van der Waals surface area contributed by atoms with Gasteiger partial charge < -0.3 is 15.1 Å². The van der Waals surface area contributed by atoms with E-state index in [4.69, 9.17) is 4.42 Å². The minimum Gasteiger partial charge on any atom is -0.465 e. The number of nitrogens with one attached hydrogen (secondary N) is 2. The number of hydrogen-bond acceptors (Lipinski definition) is 3. The molecule has 0 bridgehead atoms. The van der Waals surface area contributed by atoms with Crippen molar-refractivity contribution in [2.75, 3.05) is 5.32 Å². The molecule has 2 amide bonds. The first-order valence-electron chi connectivity index (χ1n) is 8.21. The first-order chi connectivity index (χ1) is 13.0. The molecule has 1 heterocycles. The lowest BCUT2D eigenvalue weighted by Crippen LogP contribution is -2.30. The van der Waals surface area contributed by atoms with Crippen molar-refractivity contribution in [1.29, 1.82) is 0 Å². The largest absolute Gasteiger partial charge is 0.465 e. The van der Waals surface area contributed by atoms with E-state index in [1.165, 1.54) is 12.3 Å². The third kappa shape index (κ3) is 5.18. The van der Waals surface area contributed by atoms with E-state index in [1.807, 2.05) is 19.1 Å². The molecule has 5 nitrogen and oxygen atoms in total. The Morgan fingerprint density at radius 1 is 1.00 bits per heavy atom. The summed E-state index contributed by atoms with van der Waals surface area (Å²) in [6.07, 6.45) is 2.98. The minimum atomic E-state index is -0.444. The molecule has 6 heteroatoms. The predicted molar refractivity (Wildman–Crippen MR) is 108 cm³/mol. The van der Waals surface area contributed by atoms with E-state index in [0.29, 0.717) is 17.0 Å². The van der Waals surface area contributed by atoms with E-state index in [2.05, 4.69) is 26.6 Å². The molecular weight excluding hydrogens is 408 g/mol. The zero-order chi connectivity index (χ0) is 19.2. The summed E-state index contributed by atoms with van der Waals surface area (Å²) in [5.74, 6) is -0.375. The Labute approximate surface area is 165 Å². The van der Waals surface area contributed by atoms with Gasteiger partial charge in [0.1, 0.15) is 11.5 Å². The molecule has 0 aliphatic carbocycles. The van der Waals surface area contributed by atoms with Crippen molar-refractivity contribution in [3.8, 4) is 0 Å². The number of furan rings is 1. The third-order valence-electron chi connectivity index (χ3n) is 3.74. The number of rotatable bonds is 5. The van der Waals surface area contributed by atoms with Crippen molar-refractivity contribution in [2.45, 2.75) is 6.92 Å². The van der Waals surface area contributed by atoms with E-state index in [9.17, 15) is 9.59 Å². The lowest BCUT2D eigenvalue weighted by molar-refractivity contribution is -0.113. The normalized spacial score (nSPS) is 11.1. The summed E-state index contributed by atoms with van der Waals surface area (Å²) < 4.78 is 6.13. The van der Waals surface area contributed by atoms with E-state index < -0.39 is 5.91 Å². The predicted octanol–water partition coefficient (Wildman–Crippen LogP) is 4.76. The van der Waals surface area contributed by atoms with Crippen LogP contribution in [0.1, 0.15) is 21.7 Å². The molecule has 0 aliphatic heterocycles. The van der Waals surface area contributed by atoms with Gasteiger partial charge in [0.25, 0.3) is 11.8 Å². The van der Waals surface area contributed by atoms with Crippen LogP contribution in [0.5, 0.6) is 0 Å². The van der Waals surface area contributed by atoms with Gasteiger partial charge in [-0.3, -0.25) is 9.59 Å². The van der Waals surface area contributed by atoms with Crippen LogP contribution in [-0.4, -0.2) is 11.8 Å². The highest BCUT2D eigenvalue weighted by Crippen LogP contribution is 2.14. The van der Waals surface area contributed by atoms with Crippen LogP contribution in [0.3, 0.4) is 0 Å². The van der Waals surface area contributed by atoms with E-state index in [1.54, 1.807) is 48.5 Å². The van der Waals surface area contributed by atoms with Gasteiger partial charge in [0.15, 0.2) is 0 Å². The highest BCUT2D eigenvalue weighted by Gasteiger charge is 2.15. The second-order valence-corrected chi connectivity index (χ2v) is 6.77. The van der Waals surface area contributed by atoms with Gasteiger partial charge >= 0.3 is 0 Å². The van der Waals surface area contributed by atoms with Gasteiger partial charge in [-0.2, -0.15) is 0 Å². The molecular formula is C21H17BrN2O3. The summed E-state index contributed by atoms with van der Waals surface area (Å²) in [5.41, 5.74) is 2.24. The maximum absolute atomic E-state index is 12.7. The number of halogens is 1. The van der Waals surface area contributed by atoms with Crippen LogP contribution in [0.15, 0.2) is 81.5 Å². The number of benzene rings is 2. The second-order valence-electron chi connectivity index (χ2n) is 5.85. The van der Waals surface area contributed by atoms with Crippen LogP contribution in [-0.2, 0) is 4.79 Å². The second kappa shape index (κ2) is 8.51. The van der Waals surface area contributed by atoms with Crippen LogP contribution in [0.4, 0.5) is 5.69 Å². The Hall–Kier alpha value is -3.12. The first kappa shape index (κ1) is 18.7. The van der Waals surface area contributed by atoms with Gasteiger partial charge in [-0.15, -0.1) is 0 Å². The summed E-state index contributed by atoms with van der Waals surface area (Å²) in [6, 6.07) is 17.7. The Balaban J connectivity index is 1.82. The molecule has 2 N–H and O–H groups in total. The van der Waals surface area contributed by atoms with Crippen molar-refractivity contribution < 1.29 is 14.0 Å². The maximum Gasteiger partial charge on any atom is 0.272 e. The molecule has 136 valence electrons. The summed E-state index contributed by atoms with van der Waals surface area (Å²) >= 11 is 3.33. The van der Waals surface area contributed by atoms with Crippen molar-refractivity contribution in [3.05, 3.63) is 94.0 Å². The van der Waals surface area contributed by atoms with Crippen molar-refractivity contribution in [3.63, 3.8) is 0 Å². The number of anilines is 1. The average Bonchev–Trinajstić information content (AvgIpc) is 3.16. The fourth-order valence-electron chi connectivity index (χ4n) is 2.31. The fourth-order valence-corrected chi connectivity index (χ4v) is 2.57. The number of carbonyl (C=O) groups is 2. The topological polar surface area (TPSA) is 71.3 Å². The number of hydrogen-bond donors (Lipinski definition) is 2. The van der Waals surface area contributed by atoms with Crippen LogP contribution in [0.25, 0.3) is 6.08 Å². The molecule has 2 aromatic carbocycles. The number of carbonyl (C=O) groups excluding carboxylic acids is 2. The molecule has 0 spiro atoms. The SMILES string of the molecule is Cc1ccc(NC(=O)/C(=C\c2ccco2)NC(=O)c2ccc(Br)cc2)cc1. The molecule has 0 saturated carbocycles. The van der Waals surface area contributed by atoms with E-state index >= 15 is 0 Å². The summed E-state index contributed by atoms with van der Waals surface area (Å²) in [6.45, 7) is 1.96. The molecule has 0 unspecified atom stereocenters. The number of amides is 2. The summed E-state index contributed by atoms with van der Waals surface area (Å²) in [5, 5.41) is 5.43. The van der Waals surface area contributed by atoms with Gasteiger partial charge in [0.2, 0.25) is 0 Å². The molecule has 0 fully saturated rings. The molecule has 3 aromatic rings. The average molecular weight is 425 g/mol. The zero-order valence-corrected chi connectivity index (χ0v) is 16.1. The summed E-state index contributed by atoms with van der Waals surface area (Å²) in [7, 11) is 0. The lowest BCUT2D eigenvalue weighted by atomic mass is 10.2. The Kier molecular flexibility index (Phi) is 5.88. The molecule has 27 heavy (non-hydrogen) atoms. The Bertz CT molecular complexity index is 960. The molecule has 0 radical (unpaired) electrons. The fraction of sp³-hybridized carbons (Fsp3) is 0.0476. The van der Waals surface area contributed by atoms with Crippen LogP contribution < -0.4 is 10.6 Å². The quantitative estimate of drug-likeness (QED) is 0.579. The Morgan fingerprint density at radius 2 is 1.70 bits per heavy atom. The van der Waals surface area contributed by atoms with Crippen LogP contribution in [0, 0.1) is 6.92 Å². The van der Waals surface area contributed by atoms with Gasteiger partial charge in [-0.05, 0) is 55.5 Å². The minimum absolute atomic E-state index is 0.0819. The summed E-state index contributed by atoms with van der Waals surface area (Å²) in [4.78, 5) is 25.2. The van der Waals surface area contributed by atoms with Crippen molar-refractivity contribution in [1.82, 2.24) is 5.32 Å². The molecule has 1 aromatic heterocycles. The van der Waals surface area contributed by atoms with Crippen LogP contribution in [0.2, 0.25) is 0 Å². The zero-order valence-electron chi connectivity index (χ0n) is 14.5. The highest BCUT2D eigenvalue weighted by molar-refractivity contribution is 9.10. The van der Waals surface area contributed by atoms with Gasteiger partial charge in [0, 0.05) is 21.8 Å². The van der Waals surface area contributed by atoms with Gasteiger partial charge in [0.05, 0.1) is 6.26 Å². The van der Waals surface area contributed by atoms with Gasteiger partial charge in [-0.25, -0.2) is 0 Å². The monoisotopic (exact) mass is 424 g/mol. The van der Waals surface area contributed by atoms with Crippen molar-refractivity contribution in [2.24, 2.45) is 0 Å². The van der Waals surface area contributed by atoms with E-state index in [0.717, 1.165) is 10.0 Å². The molecule has 3 rings (SSSR count). The standard InChI is InChI=1S/C21H17BrN2O3/c1-14-4-10-17(11-5-14)23-21(26)19(13-18-3-2-12-27-18)24-20(25)15-6-8-16(22)9-7-15/h2-13H,1H3,(H,23,26)(H,24,25)/b19-13+. The lowest BCUT2D eigenvalue weighted by Gasteiger charge is -2.11. The molecule has 0 atom stereocenters. The first-order valence-corrected chi connectivity index (χ1v) is 9.01. The smallest absolute Gasteiger partial charge is 0.272 e. The number of aryl methyl sites for hydroxylation is 1. The maximum atomic E-state index is 12.7. The molecule has 0 saturated heterocycles. The highest BCUT2D eigenvalue weighted by atomic mass is 79.9.